The van der Waals surface area contributed by atoms with Crippen LogP contribution in [-0.2, 0) is 7.05 Å². The minimum Gasteiger partial charge on any atom is -0.340 e. The van der Waals surface area contributed by atoms with Gasteiger partial charge < -0.3 is 4.90 Å². The summed E-state index contributed by atoms with van der Waals surface area (Å²) in [5.74, 6) is -2.50. The molecule has 6 rings (SSSR count). The Balaban J connectivity index is 1.40. The van der Waals surface area contributed by atoms with Crippen molar-refractivity contribution in [2.24, 2.45) is 18.9 Å². The second kappa shape index (κ2) is 5.72. The summed E-state index contributed by atoms with van der Waals surface area (Å²) in [4.78, 5) is 11.1. The fraction of sp³-hybridized carbons (Fsp3) is 0.318. The molecule has 1 aliphatic heterocycles. The van der Waals surface area contributed by atoms with Crippen molar-refractivity contribution in [3.8, 4) is 11.1 Å². The second-order valence-electron chi connectivity index (χ2n) is 8.22. The molecular formula is C22H19F2N5. The molecule has 2 aromatic heterocycles. The molecule has 2 aromatic carbocycles. The summed E-state index contributed by atoms with van der Waals surface area (Å²) in [6, 6.07) is 12.2. The van der Waals surface area contributed by atoms with Crippen LogP contribution < -0.4 is 4.90 Å². The molecule has 2 aliphatic rings. The van der Waals surface area contributed by atoms with Gasteiger partial charge in [0.2, 0.25) is 5.95 Å². The van der Waals surface area contributed by atoms with Crippen LogP contribution in [0.2, 0.25) is 0 Å². The molecule has 29 heavy (non-hydrogen) atoms. The van der Waals surface area contributed by atoms with Crippen molar-refractivity contribution in [1.29, 1.82) is 0 Å². The number of nitrogens with zero attached hydrogens (tertiary/aromatic N) is 5. The van der Waals surface area contributed by atoms with E-state index in [1.807, 2.05) is 47.1 Å². The third-order valence-electron chi connectivity index (χ3n) is 6.35. The third kappa shape index (κ3) is 2.53. The molecule has 0 radical (unpaired) electrons. The number of fused-ring (bicyclic) bond motifs is 3. The second-order valence-corrected chi connectivity index (χ2v) is 8.22. The van der Waals surface area contributed by atoms with E-state index in [4.69, 9.17) is 4.98 Å². The minimum atomic E-state index is -2.54. The fourth-order valence-corrected chi connectivity index (χ4v) is 4.81. The molecule has 1 aliphatic carbocycles. The summed E-state index contributed by atoms with van der Waals surface area (Å²) in [6.45, 7) is 0.943. The van der Waals surface area contributed by atoms with Gasteiger partial charge in [0, 0.05) is 55.6 Å². The predicted octanol–water partition coefficient (Wildman–Crippen LogP) is 4.27. The highest BCUT2D eigenvalue weighted by Crippen LogP contribution is 2.52. The van der Waals surface area contributed by atoms with Crippen LogP contribution in [-0.4, -0.2) is 38.8 Å². The average molecular weight is 391 g/mol. The first kappa shape index (κ1) is 16.8. The van der Waals surface area contributed by atoms with Gasteiger partial charge in [-0.2, -0.15) is 5.10 Å². The van der Waals surface area contributed by atoms with Crippen LogP contribution in [0.5, 0.6) is 0 Å². The first-order valence-electron chi connectivity index (χ1n) is 9.80. The zero-order valence-corrected chi connectivity index (χ0v) is 15.9. The first-order chi connectivity index (χ1) is 14.0. The molecule has 0 spiro atoms. The molecule has 0 amide bonds. The van der Waals surface area contributed by atoms with Crippen molar-refractivity contribution in [3.05, 3.63) is 48.8 Å². The zero-order chi connectivity index (χ0) is 19.8. The van der Waals surface area contributed by atoms with Crippen molar-refractivity contribution in [2.75, 3.05) is 18.0 Å². The van der Waals surface area contributed by atoms with Crippen LogP contribution in [0.3, 0.4) is 0 Å². The molecule has 4 aromatic rings. The smallest absolute Gasteiger partial charge is 0.253 e. The van der Waals surface area contributed by atoms with Crippen molar-refractivity contribution in [2.45, 2.75) is 12.3 Å². The van der Waals surface area contributed by atoms with E-state index in [0.717, 1.165) is 32.9 Å². The van der Waals surface area contributed by atoms with Crippen molar-refractivity contribution >= 4 is 27.8 Å². The Morgan fingerprint density at radius 1 is 1.10 bits per heavy atom. The van der Waals surface area contributed by atoms with Crippen LogP contribution >= 0.6 is 0 Å². The number of anilines is 1. The Kier molecular flexibility index (Phi) is 3.32. The molecule has 0 N–H and O–H groups in total. The van der Waals surface area contributed by atoms with E-state index in [1.54, 1.807) is 6.20 Å². The molecule has 0 unspecified atom stereocenters. The molecule has 146 valence electrons. The highest BCUT2D eigenvalue weighted by atomic mass is 19.3. The Bertz CT molecular complexity index is 1260. The standard InChI is InChI=1S/C22H19F2N5/c1-28-11-17-16(3-2-4-19(17)27-28)13-5-6-14-9-25-21(26-20(14)7-13)29-10-15-8-22(23,24)18(15)12-29/h2-7,9,11,15,18H,8,10,12H2,1H3/t15-,18+/m1/s1. The molecule has 2 atom stereocenters. The lowest BCUT2D eigenvalue weighted by molar-refractivity contribution is -0.152. The Morgan fingerprint density at radius 3 is 2.83 bits per heavy atom. The molecule has 0 bridgehead atoms. The number of benzene rings is 2. The number of alkyl halides is 2. The van der Waals surface area contributed by atoms with E-state index < -0.39 is 11.8 Å². The molecule has 5 nitrogen and oxygen atoms in total. The topological polar surface area (TPSA) is 46.8 Å². The van der Waals surface area contributed by atoms with Crippen molar-refractivity contribution in [3.63, 3.8) is 0 Å². The monoisotopic (exact) mass is 391 g/mol. The summed E-state index contributed by atoms with van der Waals surface area (Å²) < 4.78 is 29.3. The number of hydrogen-bond donors (Lipinski definition) is 0. The van der Waals surface area contributed by atoms with Crippen LogP contribution in [0.4, 0.5) is 14.7 Å². The van der Waals surface area contributed by atoms with Gasteiger partial charge in [-0.15, -0.1) is 0 Å². The number of rotatable bonds is 2. The Labute approximate surface area is 166 Å². The van der Waals surface area contributed by atoms with E-state index in [9.17, 15) is 8.78 Å². The van der Waals surface area contributed by atoms with Crippen LogP contribution in [0, 0.1) is 11.8 Å². The van der Waals surface area contributed by atoms with Gasteiger partial charge in [0.25, 0.3) is 5.92 Å². The van der Waals surface area contributed by atoms with Crippen LogP contribution in [0.15, 0.2) is 48.8 Å². The Morgan fingerprint density at radius 2 is 2.00 bits per heavy atom. The van der Waals surface area contributed by atoms with Gasteiger partial charge >= 0.3 is 0 Å². The lowest BCUT2D eigenvalue weighted by Gasteiger charge is -2.38. The van der Waals surface area contributed by atoms with Gasteiger partial charge in [0.05, 0.1) is 11.0 Å². The van der Waals surface area contributed by atoms with Gasteiger partial charge in [0.1, 0.15) is 0 Å². The quantitative estimate of drug-likeness (QED) is 0.512. The van der Waals surface area contributed by atoms with E-state index >= 15 is 0 Å². The van der Waals surface area contributed by atoms with Crippen molar-refractivity contribution in [1.82, 2.24) is 19.7 Å². The molecular weight excluding hydrogens is 372 g/mol. The zero-order valence-electron chi connectivity index (χ0n) is 15.9. The number of aryl methyl sites for hydroxylation is 1. The number of aromatic nitrogens is 4. The van der Waals surface area contributed by atoms with Gasteiger partial charge in [-0.1, -0.05) is 24.3 Å². The minimum absolute atomic E-state index is 0.0129. The highest BCUT2D eigenvalue weighted by molar-refractivity contribution is 5.96. The van der Waals surface area contributed by atoms with E-state index in [-0.39, 0.29) is 12.3 Å². The summed E-state index contributed by atoms with van der Waals surface area (Å²) in [7, 11) is 1.91. The average Bonchev–Trinajstić information content (AvgIpc) is 3.27. The maximum absolute atomic E-state index is 13.7. The maximum Gasteiger partial charge on any atom is 0.253 e. The molecule has 2 fully saturated rings. The Hall–Kier alpha value is -3.09. The van der Waals surface area contributed by atoms with Gasteiger partial charge in [0.15, 0.2) is 0 Å². The first-order valence-corrected chi connectivity index (χ1v) is 9.80. The molecule has 7 heteroatoms. The fourth-order valence-electron chi connectivity index (χ4n) is 4.81. The summed E-state index contributed by atoms with van der Waals surface area (Å²) in [5, 5.41) is 6.50. The van der Waals surface area contributed by atoms with Gasteiger partial charge in [-0.05, 0) is 29.2 Å². The van der Waals surface area contributed by atoms with E-state index in [1.165, 1.54) is 0 Å². The maximum atomic E-state index is 13.7. The third-order valence-corrected chi connectivity index (χ3v) is 6.35. The predicted molar refractivity (Wildman–Crippen MR) is 108 cm³/mol. The highest BCUT2D eigenvalue weighted by Gasteiger charge is 2.59. The normalized spacial score (nSPS) is 22.8. The lowest BCUT2D eigenvalue weighted by atomic mass is 9.72. The molecule has 1 saturated heterocycles. The van der Waals surface area contributed by atoms with Gasteiger partial charge in [-0.3, -0.25) is 4.68 Å². The van der Waals surface area contributed by atoms with Crippen molar-refractivity contribution < 1.29 is 8.78 Å². The van der Waals surface area contributed by atoms with Crippen LogP contribution in [0.1, 0.15) is 6.42 Å². The summed E-state index contributed by atoms with van der Waals surface area (Å²) in [5.41, 5.74) is 3.91. The summed E-state index contributed by atoms with van der Waals surface area (Å²) in [6.07, 6.45) is 3.78. The SMILES string of the molecule is Cn1cc2c(-c3ccc4cnc(N5C[C@H]6CC(F)(F)[C@H]6C5)nc4c3)cccc2n1. The summed E-state index contributed by atoms with van der Waals surface area (Å²) >= 11 is 0. The number of hydrogen-bond acceptors (Lipinski definition) is 4. The van der Waals surface area contributed by atoms with E-state index in [2.05, 4.69) is 22.2 Å². The molecule has 1 saturated carbocycles. The number of halogens is 2. The van der Waals surface area contributed by atoms with Crippen LogP contribution in [0.25, 0.3) is 32.9 Å². The molecule has 3 heterocycles. The van der Waals surface area contributed by atoms with E-state index in [0.29, 0.717) is 19.0 Å². The lowest BCUT2D eigenvalue weighted by Crippen LogP contribution is -2.46. The van der Waals surface area contributed by atoms with Gasteiger partial charge in [-0.25, -0.2) is 18.7 Å². The largest absolute Gasteiger partial charge is 0.340 e.